The summed E-state index contributed by atoms with van der Waals surface area (Å²) in [5.74, 6) is 1.09. The van der Waals surface area contributed by atoms with E-state index < -0.39 is 0 Å². The van der Waals surface area contributed by atoms with Gasteiger partial charge >= 0.3 is 0 Å². The number of hydrogen-bond donors (Lipinski definition) is 1. The van der Waals surface area contributed by atoms with Crippen molar-refractivity contribution in [3.05, 3.63) is 52.8 Å². The first-order valence-corrected chi connectivity index (χ1v) is 8.43. The highest BCUT2D eigenvalue weighted by Crippen LogP contribution is 2.32. The molecule has 0 aliphatic carbocycles. The van der Waals surface area contributed by atoms with Crippen LogP contribution in [0, 0.1) is 20.8 Å². The topological polar surface area (TPSA) is 60.7 Å². The number of furan rings is 1. The first-order chi connectivity index (χ1) is 12.4. The van der Waals surface area contributed by atoms with Crippen LogP contribution in [0.2, 0.25) is 0 Å². The van der Waals surface area contributed by atoms with Crippen molar-refractivity contribution in [2.45, 2.75) is 27.2 Å². The Labute approximate surface area is 152 Å². The molecule has 0 aliphatic rings. The number of anilines is 1. The first-order valence-electron chi connectivity index (χ1n) is 8.43. The van der Waals surface area contributed by atoms with Crippen LogP contribution in [0.15, 0.2) is 34.9 Å². The number of carbonyl (C=O) groups is 1. The highest BCUT2D eigenvalue weighted by atomic mass is 16.5. The van der Waals surface area contributed by atoms with Crippen LogP contribution < -0.4 is 14.8 Å². The maximum Gasteiger partial charge on any atom is 0.229 e. The molecule has 26 heavy (non-hydrogen) atoms. The van der Waals surface area contributed by atoms with Gasteiger partial charge in [0.25, 0.3) is 0 Å². The fourth-order valence-corrected chi connectivity index (χ4v) is 3.20. The number of ether oxygens (including phenoxy) is 2. The summed E-state index contributed by atoms with van der Waals surface area (Å²) in [6, 6.07) is 7.41. The molecule has 0 unspecified atom stereocenters. The van der Waals surface area contributed by atoms with Gasteiger partial charge in [-0.3, -0.25) is 4.79 Å². The monoisotopic (exact) mass is 353 g/mol. The molecule has 0 radical (unpaired) electrons. The molecule has 5 heteroatoms. The molecule has 1 aromatic heterocycles. The average molecular weight is 353 g/mol. The van der Waals surface area contributed by atoms with Crippen LogP contribution in [0.5, 0.6) is 11.5 Å². The van der Waals surface area contributed by atoms with E-state index in [4.69, 9.17) is 13.9 Å². The highest BCUT2D eigenvalue weighted by Gasteiger charge is 2.16. The van der Waals surface area contributed by atoms with E-state index in [1.165, 1.54) is 5.56 Å². The molecule has 0 saturated carbocycles. The predicted molar refractivity (Wildman–Crippen MR) is 102 cm³/mol. The molecule has 3 aromatic rings. The summed E-state index contributed by atoms with van der Waals surface area (Å²) in [5.41, 5.74) is 5.70. The van der Waals surface area contributed by atoms with Gasteiger partial charge in [-0.25, -0.2) is 0 Å². The number of fused-ring (bicyclic) bond motifs is 1. The molecule has 0 aliphatic heterocycles. The van der Waals surface area contributed by atoms with Gasteiger partial charge in [-0.1, -0.05) is 6.07 Å². The number of carbonyl (C=O) groups excluding carboxylic acids is 1. The highest BCUT2D eigenvalue weighted by molar-refractivity contribution is 5.97. The van der Waals surface area contributed by atoms with Crippen molar-refractivity contribution >= 4 is 22.6 Å². The summed E-state index contributed by atoms with van der Waals surface area (Å²) in [6.07, 6.45) is 1.89. The molecule has 3 rings (SSSR count). The summed E-state index contributed by atoms with van der Waals surface area (Å²) in [6.45, 7) is 6.13. The van der Waals surface area contributed by atoms with Crippen LogP contribution in [0.3, 0.4) is 0 Å². The van der Waals surface area contributed by atoms with Gasteiger partial charge in [-0.2, -0.15) is 0 Å². The maximum absolute atomic E-state index is 12.6. The average Bonchev–Trinajstić information content (AvgIpc) is 3.03. The van der Waals surface area contributed by atoms with Gasteiger partial charge in [0.1, 0.15) is 17.1 Å². The van der Waals surface area contributed by atoms with Crippen LogP contribution in [0.1, 0.15) is 22.3 Å². The smallest absolute Gasteiger partial charge is 0.229 e. The number of benzene rings is 2. The van der Waals surface area contributed by atoms with Crippen molar-refractivity contribution in [3.63, 3.8) is 0 Å². The van der Waals surface area contributed by atoms with Gasteiger partial charge in [0.05, 0.1) is 32.6 Å². The van der Waals surface area contributed by atoms with E-state index in [0.717, 1.165) is 27.7 Å². The van der Waals surface area contributed by atoms with E-state index in [1.54, 1.807) is 38.7 Å². The van der Waals surface area contributed by atoms with E-state index in [2.05, 4.69) is 18.3 Å². The number of rotatable bonds is 5. The second-order valence-corrected chi connectivity index (χ2v) is 6.39. The summed E-state index contributed by atoms with van der Waals surface area (Å²) < 4.78 is 16.3. The van der Waals surface area contributed by atoms with E-state index in [0.29, 0.717) is 17.2 Å². The molecule has 1 N–H and O–H groups in total. The van der Waals surface area contributed by atoms with Crippen molar-refractivity contribution in [1.82, 2.24) is 0 Å². The van der Waals surface area contributed by atoms with Gasteiger partial charge in [-0.15, -0.1) is 0 Å². The minimum atomic E-state index is -0.142. The first kappa shape index (κ1) is 17.9. The zero-order chi connectivity index (χ0) is 18.8. The number of aryl methyl sites for hydroxylation is 3. The molecule has 0 saturated heterocycles. The molecule has 1 amide bonds. The Morgan fingerprint density at radius 1 is 1.08 bits per heavy atom. The Kier molecular flexibility index (Phi) is 4.89. The largest absolute Gasteiger partial charge is 0.497 e. The van der Waals surface area contributed by atoms with E-state index in [1.807, 2.05) is 13.8 Å². The van der Waals surface area contributed by atoms with Crippen LogP contribution in [0.4, 0.5) is 5.69 Å². The van der Waals surface area contributed by atoms with Gasteiger partial charge in [0, 0.05) is 17.0 Å². The zero-order valence-electron chi connectivity index (χ0n) is 15.7. The van der Waals surface area contributed by atoms with Gasteiger partial charge in [0.15, 0.2) is 0 Å². The quantitative estimate of drug-likeness (QED) is 0.731. The van der Waals surface area contributed by atoms with Crippen LogP contribution >= 0.6 is 0 Å². The van der Waals surface area contributed by atoms with Crippen LogP contribution in [-0.4, -0.2) is 20.1 Å². The van der Waals surface area contributed by atoms with Crippen LogP contribution in [-0.2, 0) is 11.2 Å². The molecule has 0 bridgehead atoms. The molecule has 2 aromatic carbocycles. The molecule has 0 fully saturated rings. The normalized spacial score (nSPS) is 10.8. The Morgan fingerprint density at radius 3 is 2.54 bits per heavy atom. The molecule has 0 spiro atoms. The van der Waals surface area contributed by atoms with Crippen molar-refractivity contribution in [2.24, 2.45) is 0 Å². The van der Waals surface area contributed by atoms with Crippen molar-refractivity contribution in [3.8, 4) is 11.5 Å². The second kappa shape index (κ2) is 7.12. The molecule has 0 atom stereocenters. The standard InChI is InChI=1S/C21H23NO4/c1-12-8-13(2)20-15(11-26-21(20)14(12)3)9-19(23)22-17-10-16(24-4)6-7-18(17)25-5/h6-8,10-11H,9H2,1-5H3,(H,22,23). The Bertz CT molecular complexity index is 972. The lowest BCUT2D eigenvalue weighted by molar-refractivity contribution is -0.115. The Morgan fingerprint density at radius 2 is 1.85 bits per heavy atom. The molecular weight excluding hydrogens is 330 g/mol. The van der Waals surface area contributed by atoms with E-state index in [9.17, 15) is 4.79 Å². The third-order valence-electron chi connectivity index (χ3n) is 4.66. The number of methoxy groups -OCH3 is 2. The molecule has 136 valence electrons. The van der Waals surface area contributed by atoms with E-state index in [-0.39, 0.29) is 12.3 Å². The lowest BCUT2D eigenvalue weighted by atomic mass is 9.99. The Balaban J connectivity index is 1.88. The van der Waals surface area contributed by atoms with Crippen molar-refractivity contribution in [1.29, 1.82) is 0 Å². The molecule has 1 heterocycles. The lowest BCUT2D eigenvalue weighted by Crippen LogP contribution is -2.15. The summed E-state index contributed by atoms with van der Waals surface area (Å²) in [7, 11) is 3.15. The molecule has 5 nitrogen and oxygen atoms in total. The van der Waals surface area contributed by atoms with E-state index >= 15 is 0 Å². The SMILES string of the molecule is COc1ccc(OC)c(NC(=O)Cc2coc3c(C)c(C)cc(C)c23)c1. The lowest BCUT2D eigenvalue weighted by Gasteiger charge is -2.12. The number of nitrogens with one attached hydrogen (secondary N) is 1. The Hall–Kier alpha value is -2.95. The third kappa shape index (κ3) is 3.25. The van der Waals surface area contributed by atoms with Crippen molar-refractivity contribution in [2.75, 3.05) is 19.5 Å². The van der Waals surface area contributed by atoms with Gasteiger partial charge in [-0.05, 0) is 49.6 Å². The third-order valence-corrected chi connectivity index (χ3v) is 4.66. The summed E-state index contributed by atoms with van der Waals surface area (Å²) in [5, 5.41) is 3.91. The second-order valence-electron chi connectivity index (χ2n) is 6.39. The van der Waals surface area contributed by atoms with Gasteiger partial charge < -0.3 is 19.2 Å². The minimum absolute atomic E-state index is 0.142. The van der Waals surface area contributed by atoms with Crippen LogP contribution in [0.25, 0.3) is 11.0 Å². The van der Waals surface area contributed by atoms with Crippen molar-refractivity contribution < 1.29 is 18.7 Å². The summed E-state index contributed by atoms with van der Waals surface area (Å²) >= 11 is 0. The number of hydrogen-bond acceptors (Lipinski definition) is 4. The molecular formula is C21H23NO4. The summed E-state index contributed by atoms with van der Waals surface area (Å²) in [4.78, 5) is 12.6. The maximum atomic E-state index is 12.6. The number of amides is 1. The minimum Gasteiger partial charge on any atom is -0.497 e. The fourth-order valence-electron chi connectivity index (χ4n) is 3.20. The van der Waals surface area contributed by atoms with Gasteiger partial charge in [0.2, 0.25) is 5.91 Å². The zero-order valence-corrected chi connectivity index (χ0v) is 15.7. The fraction of sp³-hybridized carbons (Fsp3) is 0.286. The predicted octanol–water partition coefficient (Wildman–Crippen LogP) is 4.56.